The Bertz CT molecular complexity index is 2930. The van der Waals surface area contributed by atoms with Crippen molar-refractivity contribution in [2.45, 2.75) is 0 Å². The van der Waals surface area contributed by atoms with Crippen LogP contribution >= 0.6 is 0 Å². The van der Waals surface area contributed by atoms with Gasteiger partial charge in [0.25, 0.3) is 0 Å². The second-order valence-corrected chi connectivity index (χ2v) is 13.3. The topological polar surface area (TPSA) is 43.6 Å². The molecule has 8 aromatic carbocycles. The first-order valence-corrected chi connectivity index (χ1v) is 17.9. The van der Waals surface area contributed by atoms with Crippen molar-refractivity contribution in [3.63, 3.8) is 0 Å². The zero-order chi connectivity index (χ0) is 35.1. The molecule has 0 spiro atoms. The average molecular weight is 677 g/mol. The molecule has 2 aromatic heterocycles. The molecule has 53 heavy (non-hydrogen) atoms. The maximum Gasteiger partial charge on any atom is 0.121 e. The molecule has 0 saturated carbocycles. The Kier molecular flexibility index (Phi) is 7.43. The van der Waals surface area contributed by atoms with Crippen molar-refractivity contribution in [1.29, 1.82) is 0 Å². The maximum absolute atomic E-state index is 5.23. The predicted octanol–water partition coefficient (Wildman–Crippen LogP) is 12.5. The summed E-state index contributed by atoms with van der Waals surface area (Å²) >= 11 is 0. The minimum Gasteiger partial charge on any atom is -0.265 e. The van der Waals surface area contributed by atoms with E-state index in [9.17, 15) is 0 Å². The van der Waals surface area contributed by atoms with Gasteiger partial charge in [0.1, 0.15) is 11.0 Å². The third kappa shape index (κ3) is 5.45. The zero-order valence-electron chi connectivity index (χ0n) is 28.8. The van der Waals surface area contributed by atoms with Crippen LogP contribution in [0.2, 0.25) is 0 Å². The monoisotopic (exact) mass is 676 g/mol. The highest BCUT2D eigenvalue weighted by Crippen LogP contribution is 2.42. The van der Waals surface area contributed by atoms with Gasteiger partial charge in [0.2, 0.25) is 0 Å². The Morgan fingerprint density at radius 2 is 0.830 bits per heavy atom. The van der Waals surface area contributed by atoms with E-state index in [2.05, 4.69) is 175 Å². The summed E-state index contributed by atoms with van der Waals surface area (Å²) in [5.74, 6) is 0. The summed E-state index contributed by atoms with van der Waals surface area (Å²) in [5, 5.41) is 15.2. The normalized spacial score (nSPS) is 11.4. The van der Waals surface area contributed by atoms with Crippen molar-refractivity contribution >= 4 is 32.6 Å². The lowest BCUT2D eigenvalue weighted by atomic mass is 9.88. The van der Waals surface area contributed by atoms with E-state index in [4.69, 9.17) is 10.2 Å². The molecule has 0 saturated heterocycles. The predicted molar refractivity (Wildman–Crippen MR) is 219 cm³/mol. The van der Waals surface area contributed by atoms with Crippen LogP contribution in [-0.4, -0.2) is 20.0 Å². The Balaban J connectivity index is 1.22. The molecule has 2 heterocycles. The molecule has 0 atom stereocenters. The molecule has 0 unspecified atom stereocenters. The summed E-state index contributed by atoms with van der Waals surface area (Å²) in [4.78, 5) is 5.98. The molecular weight excluding hydrogens is 645 g/mol. The van der Waals surface area contributed by atoms with Crippen LogP contribution in [0.5, 0.6) is 0 Å². The van der Waals surface area contributed by atoms with Gasteiger partial charge in [0.05, 0.1) is 5.69 Å². The van der Waals surface area contributed by atoms with Gasteiger partial charge in [-0.05, 0) is 108 Å². The number of hydrogen-bond acceptors (Lipinski definition) is 3. The van der Waals surface area contributed by atoms with Crippen LogP contribution in [0.4, 0.5) is 0 Å². The van der Waals surface area contributed by atoms with E-state index in [1.54, 1.807) is 4.80 Å². The lowest BCUT2D eigenvalue weighted by Gasteiger charge is -2.15. The van der Waals surface area contributed by atoms with Crippen molar-refractivity contribution in [2.24, 2.45) is 0 Å². The molecule has 10 rings (SSSR count). The van der Waals surface area contributed by atoms with E-state index in [0.29, 0.717) is 0 Å². The van der Waals surface area contributed by atoms with Gasteiger partial charge >= 0.3 is 0 Å². The first-order valence-electron chi connectivity index (χ1n) is 17.9. The first-order chi connectivity index (χ1) is 26.3. The van der Waals surface area contributed by atoms with Gasteiger partial charge in [-0.2, -0.15) is 4.80 Å². The van der Waals surface area contributed by atoms with E-state index in [1.165, 1.54) is 43.8 Å². The summed E-state index contributed by atoms with van der Waals surface area (Å²) in [6.07, 6.45) is 3.64. The number of rotatable bonds is 6. The molecule has 0 aliphatic heterocycles. The Morgan fingerprint density at radius 3 is 1.43 bits per heavy atom. The van der Waals surface area contributed by atoms with E-state index >= 15 is 0 Å². The van der Waals surface area contributed by atoms with Gasteiger partial charge in [0.15, 0.2) is 0 Å². The van der Waals surface area contributed by atoms with E-state index < -0.39 is 0 Å². The van der Waals surface area contributed by atoms with Gasteiger partial charge < -0.3 is 0 Å². The lowest BCUT2D eigenvalue weighted by molar-refractivity contribution is 0.766. The van der Waals surface area contributed by atoms with Crippen LogP contribution in [0.1, 0.15) is 0 Å². The molecule has 0 fully saturated rings. The third-order valence-electron chi connectivity index (χ3n) is 10.2. The third-order valence-corrected chi connectivity index (χ3v) is 10.2. The van der Waals surface area contributed by atoms with Crippen LogP contribution < -0.4 is 0 Å². The highest BCUT2D eigenvalue weighted by atomic mass is 15.5. The standard InChI is InChI=1S/C49H32N4/c1-3-12-34(13-4-1)39-22-23-41(44-20-8-7-18-42(39)44)37-31-47(46-25-24-40(35-14-5-2-6-15-35)43-19-9-10-21-45(43)46)49-48(32-37)51-53(52-49)38-17-11-16-36(30-38)33-26-28-50-29-27-33/h1-32H. The highest BCUT2D eigenvalue weighted by Gasteiger charge is 2.19. The second kappa shape index (κ2) is 12.9. The van der Waals surface area contributed by atoms with E-state index in [0.717, 1.165) is 50.1 Å². The summed E-state index contributed by atoms with van der Waals surface area (Å²) in [6.45, 7) is 0. The zero-order valence-corrected chi connectivity index (χ0v) is 28.8. The van der Waals surface area contributed by atoms with Crippen molar-refractivity contribution in [1.82, 2.24) is 20.0 Å². The molecule has 0 aliphatic carbocycles. The fourth-order valence-electron chi connectivity index (χ4n) is 7.67. The fraction of sp³-hybridized carbons (Fsp3) is 0. The van der Waals surface area contributed by atoms with E-state index in [-0.39, 0.29) is 0 Å². The second-order valence-electron chi connectivity index (χ2n) is 13.3. The summed E-state index contributed by atoms with van der Waals surface area (Å²) in [6, 6.07) is 64.5. The van der Waals surface area contributed by atoms with Gasteiger partial charge in [-0.1, -0.05) is 146 Å². The number of pyridine rings is 1. The van der Waals surface area contributed by atoms with Gasteiger partial charge in [-0.15, -0.1) is 10.2 Å². The van der Waals surface area contributed by atoms with Gasteiger partial charge in [-0.3, -0.25) is 4.98 Å². The van der Waals surface area contributed by atoms with Crippen LogP contribution in [0.15, 0.2) is 194 Å². The average Bonchev–Trinajstić information content (AvgIpc) is 3.68. The van der Waals surface area contributed by atoms with Crippen LogP contribution in [0.25, 0.3) is 93.9 Å². The maximum atomic E-state index is 5.23. The fourth-order valence-corrected chi connectivity index (χ4v) is 7.67. The molecule has 248 valence electrons. The lowest BCUT2D eigenvalue weighted by Crippen LogP contribution is -1.98. The van der Waals surface area contributed by atoms with Gasteiger partial charge in [0, 0.05) is 18.0 Å². The number of nitrogens with zero attached hydrogens (tertiary/aromatic N) is 4. The molecule has 4 nitrogen and oxygen atoms in total. The minimum atomic E-state index is 0.833. The highest BCUT2D eigenvalue weighted by molar-refractivity contribution is 6.11. The minimum absolute atomic E-state index is 0.833. The molecule has 0 N–H and O–H groups in total. The summed E-state index contributed by atoms with van der Waals surface area (Å²) in [7, 11) is 0. The number of aromatic nitrogens is 4. The van der Waals surface area contributed by atoms with Crippen molar-refractivity contribution in [3.8, 4) is 61.3 Å². The SMILES string of the molecule is c1ccc(-c2ccc(-c3cc(-c4ccc(-c5ccccc5)c5ccccc45)c4nn(-c5cccc(-c6ccncc6)c5)nc4c3)c3ccccc23)cc1. The first kappa shape index (κ1) is 30.6. The van der Waals surface area contributed by atoms with Crippen molar-refractivity contribution in [2.75, 3.05) is 0 Å². The summed E-state index contributed by atoms with van der Waals surface area (Å²) < 4.78 is 0. The molecular formula is C49H32N4. The Labute approximate surface area is 307 Å². The van der Waals surface area contributed by atoms with Crippen LogP contribution in [0.3, 0.4) is 0 Å². The molecule has 0 aliphatic rings. The number of benzene rings is 8. The smallest absolute Gasteiger partial charge is 0.121 e. The number of hydrogen-bond donors (Lipinski definition) is 0. The summed E-state index contributed by atoms with van der Waals surface area (Å²) in [5.41, 5.74) is 14.0. The largest absolute Gasteiger partial charge is 0.265 e. The van der Waals surface area contributed by atoms with E-state index in [1.807, 2.05) is 24.5 Å². The molecule has 4 heteroatoms. The van der Waals surface area contributed by atoms with Crippen LogP contribution in [-0.2, 0) is 0 Å². The molecule has 0 bridgehead atoms. The van der Waals surface area contributed by atoms with Crippen molar-refractivity contribution in [3.05, 3.63) is 194 Å². The van der Waals surface area contributed by atoms with Crippen molar-refractivity contribution < 1.29 is 0 Å². The Morgan fingerprint density at radius 1 is 0.321 bits per heavy atom. The van der Waals surface area contributed by atoms with Gasteiger partial charge in [-0.25, -0.2) is 0 Å². The number of fused-ring (bicyclic) bond motifs is 3. The molecule has 0 amide bonds. The molecule has 0 radical (unpaired) electrons. The Hall–Kier alpha value is -7.17. The quantitative estimate of drug-likeness (QED) is 0.176. The molecule has 10 aromatic rings. The van der Waals surface area contributed by atoms with Crippen LogP contribution in [0, 0.1) is 0 Å².